The maximum absolute atomic E-state index is 14.2. The van der Waals surface area contributed by atoms with Gasteiger partial charge in [0.2, 0.25) is 0 Å². The summed E-state index contributed by atoms with van der Waals surface area (Å²) in [6.45, 7) is 6.29. The number of rotatable bonds is 4. The predicted octanol–water partition coefficient (Wildman–Crippen LogP) is 3.14. The van der Waals surface area contributed by atoms with Crippen molar-refractivity contribution in [2.24, 2.45) is 5.92 Å². The summed E-state index contributed by atoms with van der Waals surface area (Å²) in [5.74, 6) is 0.208. The molecule has 1 amide bonds. The Morgan fingerprint density at radius 3 is 2.57 bits per heavy atom. The first-order chi connectivity index (χ1) is 13.5. The van der Waals surface area contributed by atoms with E-state index < -0.39 is 5.82 Å². The minimum Gasteiger partial charge on any atom is -0.366 e. The maximum atomic E-state index is 14.2. The first-order valence-electron chi connectivity index (χ1n) is 9.78. The molecule has 2 aromatic rings. The van der Waals surface area contributed by atoms with Crippen molar-refractivity contribution < 1.29 is 9.18 Å². The van der Waals surface area contributed by atoms with E-state index in [2.05, 4.69) is 12.0 Å². The van der Waals surface area contributed by atoms with Gasteiger partial charge in [0.05, 0.1) is 23.4 Å². The number of carbonyl (C=O) groups excluding carboxylic acids is 1. The second-order valence-corrected chi connectivity index (χ2v) is 7.75. The van der Waals surface area contributed by atoms with Crippen molar-refractivity contribution in [3.05, 3.63) is 47.0 Å². The summed E-state index contributed by atoms with van der Waals surface area (Å²) in [6, 6.07) is 8.65. The molecule has 1 aliphatic carbocycles. The van der Waals surface area contributed by atoms with Crippen molar-refractivity contribution >= 4 is 11.6 Å². The van der Waals surface area contributed by atoms with E-state index in [9.17, 15) is 9.18 Å². The number of aromatic nitrogens is 2. The third-order valence-electron chi connectivity index (χ3n) is 5.82. The van der Waals surface area contributed by atoms with Gasteiger partial charge in [0.25, 0.3) is 5.91 Å². The lowest BCUT2D eigenvalue weighted by Gasteiger charge is -2.36. The number of aryl methyl sites for hydroxylation is 1. The summed E-state index contributed by atoms with van der Waals surface area (Å²) in [7, 11) is 0. The first-order valence-corrected chi connectivity index (χ1v) is 9.78. The lowest BCUT2D eigenvalue weighted by Crippen LogP contribution is -2.49. The van der Waals surface area contributed by atoms with Gasteiger partial charge in [0, 0.05) is 31.9 Å². The molecule has 4 rings (SSSR count). The molecule has 2 aliphatic rings. The van der Waals surface area contributed by atoms with E-state index in [1.54, 1.807) is 17.0 Å². The van der Waals surface area contributed by atoms with Crippen molar-refractivity contribution in [1.29, 1.82) is 5.26 Å². The molecule has 1 aromatic carbocycles. The monoisotopic (exact) mass is 381 g/mol. The number of anilines is 1. The van der Waals surface area contributed by atoms with Crippen molar-refractivity contribution in [2.75, 3.05) is 31.1 Å². The van der Waals surface area contributed by atoms with E-state index >= 15 is 0 Å². The van der Waals surface area contributed by atoms with E-state index in [0.717, 1.165) is 5.69 Å². The molecule has 1 saturated heterocycles. The van der Waals surface area contributed by atoms with Crippen LogP contribution in [0.25, 0.3) is 0 Å². The van der Waals surface area contributed by atoms with Gasteiger partial charge in [-0.15, -0.1) is 0 Å². The highest BCUT2D eigenvalue weighted by molar-refractivity contribution is 5.92. The van der Waals surface area contributed by atoms with Crippen LogP contribution in [-0.4, -0.2) is 46.8 Å². The van der Waals surface area contributed by atoms with Gasteiger partial charge in [-0.2, -0.15) is 10.4 Å². The topological polar surface area (TPSA) is 65.2 Å². The molecule has 28 heavy (non-hydrogen) atoms. The van der Waals surface area contributed by atoms with Crippen molar-refractivity contribution in [3.8, 4) is 6.07 Å². The number of piperazine rings is 1. The second-order valence-electron chi connectivity index (χ2n) is 7.75. The highest BCUT2D eigenvalue weighted by Crippen LogP contribution is 2.39. The number of halogens is 1. The van der Waals surface area contributed by atoms with Gasteiger partial charge in [-0.25, -0.2) is 4.39 Å². The Labute approximate surface area is 164 Å². The maximum Gasteiger partial charge on any atom is 0.274 e. The molecular weight excluding hydrogens is 357 g/mol. The van der Waals surface area contributed by atoms with Crippen LogP contribution in [0.1, 0.15) is 47.6 Å². The van der Waals surface area contributed by atoms with Gasteiger partial charge >= 0.3 is 0 Å². The van der Waals surface area contributed by atoms with Crippen molar-refractivity contribution in [3.63, 3.8) is 0 Å². The highest BCUT2D eigenvalue weighted by atomic mass is 19.1. The summed E-state index contributed by atoms with van der Waals surface area (Å²) in [6.07, 6.45) is 2.47. The van der Waals surface area contributed by atoms with Crippen LogP contribution < -0.4 is 4.90 Å². The molecule has 146 valence electrons. The average molecular weight is 381 g/mol. The van der Waals surface area contributed by atoms with E-state index in [1.807, 2.05) is 28.6 Å². The van der Waals surface area contributed by atoms with Gasteiger partial charge in [-0.1, -0.05) is 0 Å². The second kappa shape index (κ2) is 7.27. The molecule has 1 aromatic heterocycles. The summed E-state index contributed by atoms with van der Waals surface area (Å²) < 4.78 is 16.2. The van der Waals surface area contributed by atoms with Crippen LogP contribution in [0.3, 0.4) is 0 Å². The largest absolute Gasteiger partial charge is 0.366 e. The summed E-state index contributed by atoms with van der Waals surface area (Å²) >= 11 is 0. The Hall–Kier alpha value is -2.88. The van der Waals surface area contributed by atoms with E-state index in [4.69, 9.17) is 5.26 Å². The van der Waals surface area contributed by atoms with Crippen LogP contribution in [0.4, 0.5) is 10.1 Å². The van der Waals surface area contributed by atoms with Gasteiger partial charge in [0.1, 0.15) is 5.82 Å². The van der Waals surface area contributed by atoms with Crippen LogP contribution >= 0.6 is 0 Å². The molecule has 0 bridgehead atoms. The zero-order valence-corrected chi connectivity index (χ0v) is 16.2. The fourth-order valence-electron chi connectivity index (χ4n) is 3.93. The number of benzene rings is 1. The minimum atomic E-state index is -0.401. The summed E-state index contributed by atoms with van der Waals surface area (Å²) in [4.78, 5) is 16.6. The molecular formula is C21H24FN5O. The fraction of sp³-hybridized carbons (Fsp3) is 0.476. The van der Waals surface area contributed by atoms with Gasteiger partial charge in [0.15, 0.2) is 5.69 Å². The van der Waals surface area contributed by atoms with Crippen LogP contribution in [0.15, 0.2) is 24.3 Å². The number of hydrogen-bond donors (Lipinski definition) is 0. The van der Waals surface area contributed by atoms with Crippen molar-refractivity contribution in [2.45, 2.75) is 32.7 Å². The third-order valence-corrected chi connectivity index (χ3v) is 5.82. The number of hydrogen-bond acceptors (Lipinski definition) is 4. The number of carbonyl (C=O) groups is 1. The molecule has 1 aliphatic heterocycles. The molecule has 1 saturated carbocycles. The average Bonchev–Trinajstić information content (AvgIpc) is 3.49. The molecule has 2 heterocycles. The lowest BCUT2D eigenvalue weighted by molar-refractivity contribution is 0.0739. The Kier molecular flexibility index (Phi) is 4.80. The fourth-order valence-corrected chi connectivity index (χ4v) is 3.93. The quantitative estimate of drug-likeness (QED) is 0.816. The van der Waals surface area contributed by atoms with Gasteiger partial charge < -0.3 is 9.80 Å². The summed E-state index contributed by atoms with van der Waals surface area (Å²) in [5.41, 5.74) is 2.29. The molecule has 0 radical (unpaired) electrons. The van der Waals surface area contributed by atoms with E-state index in [-0.39, 0.29) is 5.91 Å². The van der Waals surface area contributed by atoms with Crippen LogP contribution in [0.2, 0.25) is 0 Å². The molecule has 0 spiro atoms. The van der Waals surface area contributed by atoms with Gasteiger partial charge in [-0.3, -0.25) is 9.48 Å². The molecule has 0 N–H and O–H groups in total. The van der Waals surface area contributed by atoms with Crippen LogP contribution in [-0.2, 0) is 0 Å². The van der Waals surface area contributed by atoms with Crippen LogP contribution in [0, 0.1) is 30.0 Å². The zero-order valence-electron chi connectivity index (χ0n) is 16.2. The Bertz CT molecular complexity index is 935. The van der Waals surface area contributed by atoms with E-state index in [0.29, 0.717) is 55.1 Å². The predicted molar refractivity (Wildman–Crippen MR) is 104 cm³/mol. The number of nitriles is 1. The number of amides is 1. The third kappa shape index (κ3) is 3.47. The van der Waals surface area contributed by atoms with Crippen LogP contribution in [0.5, 0.6) is 0 Å². The molecule has 1 atom stereocenters. The highest BCUT2D eigenvalue weighted by Gasteiger charge is 2.32. The Balaban J connectivity index is 1.42. The minimum absolute atomic E-state index is 0.0650. The number of nitrogens with zero attached hydrogens (tertiary/aromatic N) is 5. The van der Waals surface area contributed by atoms with E-state index in [1.165, 1.54) is 18.9 Å². The lowest BCUT2D eigenvalue weighted by atomic mass is 10.1. The first kappa shape index (κ1) is 18.5. The Morgan fingerprint density at radius 2 is 1.96 bits per heavy atom. The van der Waals surface area contributed by atoms with Gasteiger partial charge in [-0.05, 0) is 56.9 Å². The summed E-state index contributed by atoms with van der Waals surface area (Å²) in [5, 5.41) is 13.5. The normalized spacial score (nSPS) is 18.1. The Morgan fingerprint density at radius 1 is 1.25 bits per heavy atom. The zero-order chi connectivity index (χ0) is 19.8. The van der Waals surface area contributed by atoms with Crippen molar-refractivity contribution in [1.82, 2.24) is 14.7 Å². The molecule has 2 fully saturated rings. The molecule has 6 nitrogen and oxygen atoms in total. The smallest absolute Gasteiger partial charge is 0.274 e. The SMILES string of the molecule is Cc1cc(C(=O)N2CCN(c3ccc(C#N)cc3F)CC2)nn1C(C)C1CC1. The molecule has 1 unspecified atom stereocenters. The standard InChI is InChI=1S/C21H24FN5O/c1-14-11-19(24-27(14)15(2)17-4-5-17)21(28)26-9-7-25(8-10-26)20-6-3-16(13-23)12-18(20)22/h3,6,11-12,15,17H,4-5,7-10H2,1-2H3. The molecule has 7 heteroatoms.